The molecule has 0 aromatic heterocycles. The van der Waals surface area contributed by atoms with Gasteiger partial charge in [0.05, 0.1) is 13.2 Å². The molecule has 0 saturated heterocycles. The number of aliphatic hydroxyl groups excluding tert-OH is 1. The van der Waals surface area contributed by atoms with E-state index in [1.165, 1.54) is 7.11 Å². The van der Waals surface area contributed by atoms with E-state index in [1.54, 1.807) is 26.0 Å². The third-order valence-electron chi connectivity index (χ3n) is 3.06. The van der Waals surface area contributed by atoms with Crippen molar-refractivity contribution in [1.29, 1.82) is 0 Å². The van der Waals surface area contributed by atoms with Gasteiger partial charge in [-0.25, -0.2) is 4.79 Å². The number of ether oxygens (including phenoxy) is 2. The summed E-state index contributed by atoms with van der Waals surface area (Å²) >= 11 is 0. The molecule has 1 aliphatic rings. The molecule has 0 saturated carbocycles. The Bertz CT molecular complexity index is 499. The lowest BCUT2D eigenvalue weighted by Gasteiger charge is -2.19. The molecule has 0 amide bonds. The van der Waals surface area contributed by atoms with Crippen molar-refractivity contribution in [3.05, 3.63) is 35.6 Å². The highest BCUT2D eigenvalue weighted by atomic mass is 16.5. The first-order valence-corrected chi connectivity index (χ1v) is 6.93. The Morgan fingerprint density at radius 1 is 1.48 bits per heavy atom. The molecule has 2 atom stereocenters. The van der Waals surface area contributed by atoms with Crippen LogP contribution in [0.1, 0.15) is 33.6 Å². The summed E-state index contributed by atoms with van der Waals surface area (Å²) in [5.74, 6) is -1.02. The molecule has 1 N–H and O–H groups in total. The number of carbonyl (C=O) groups excluding carboxylic acids is 2. The molecule has 0 aromatic rings. The van der Waals surface area contributed by atoms with Crippen molar-refractivity contribution in [1.82, 2.24) is 0 Å². The van der Waals surface area contributed by atoms with Crippen LogP contribution in [0.5, 0.6) is 0 Å². The van der Waals surface area contributed by atoms with Crippen molar-refractivity contribution in [2.45, 2.75) is 45.3 Å². The number of allylic oxidation sites excluding steroid dienone is 3. The second kappa shape index (κ2) is 7.22. The average molecular weight is 294 g/mol. The first kappa shape index (κ1) is 17.2. The highest BCUT2D eigenvalue weighted by molar-refractivity contribution is 6.22. The van der Waals surface area contributed by atoms with Gasteiger partial charge in [0, 0.05) is 6.42 Å². The zero-order valence-corrected chi connectivity index (χ0v) is 12.9. The number of aliphatic hydroxyl groups is 1. The fraction of sp³-hybridized carbons (Fsp3) is 0.500. The molecular formula is C16H22O5. The van der Waals surface area contributed by atoms with Crippen LogP contribution in [0.3, 0.4) is 0 Å². The van der Waals surface area contributed by atoms with Crippen molar-refractivity contribution >= 4 is 11.8 Å². The van der Waals surface area contributed by atoms with E-state index >= 15 is 0 Å². The number of rotatable bonds is 6. The van der Waals surface area contributed by atoms with Gasteiger partial charge in [0.25, 0.3) is 0 Å². The number of Topliss-reactive ketones (excluding diaryl/α,β-unsaturated/α-hetero) is 1. The second-order valence-electron chi connectivity index (χ2n) is 5.08. The SMILES string of the molecule is CCC=CC=CC1(C)OC(CC(C)O)=C(C(=O)OC)C1=O. The Labute approximate surface area is 124 Å². The normalized spacial score (nSPS) is 24.0. The number of ketones is 1. The molecule has 0 fully saturated rings. The Kier molecular flexibility index (Phi) is 5.90. The van der Waals surface area contributed by atoms with E-state index in [1.807, 2.05) is 19.1 Å². The van der Waals surface area contributed by atoms with Crippen LogP contribution in [0.15, 0.2) is 35.6 Å². The average Bonchev–Trinajstić information content (AvgIpc) is 2.65. The van der Waals surface area contributed by atoms with Crippen LogP contribution in [0.25, 0.3) is 0 Å². The lowest BCUT2D eigenvalue weighted by Crippen LogP contribution is -2.33. The third-order valence-corrected chi connectivity index (χ3v) is 3.06. The Morgan fingerprint density at radius 3 is 2.67 bits per heavy atom. The summed E-state index contributed by atoms with van der Waals surface area (Å²) in [6, 6.07) is 0. The van der Waals surface area contributed by atoms with Crippen LogP contribution in [0.2, 0.25) is 0 Å². The number of hydrogen-bond donors (Lipinski definition) is 1. The molecule has 0 bridgehead atoms. The molecule has 116 valence electrons. The van der Waals surface area contributed by atoms with E-state index < -0.39 is 23.5 Å². The molecule has 2 unspecified atom stereocenters. The van der Waals surface area contributed by atoms with Gasteiger partial charge in [-0.1, -0.05) is 25.2 Å². The van der Waals surface area contributed by atoms with Crippen LogP contribution in [-0.2, 0) is 19.1 Å². The van der Waals surface area contributed by atoms with E-state index in [4.69, 9.17) is 4.74 Å². The summed E-state index contributed by atoms with van der Waals surface area (Å²) in [6.45, 7) is 5.15. The quantitative estimate of drug-likeness (QED) is 0.461. The molecule has 5 heteroatoms. The van der Waals surface area contributed by atoms with E-state index in [0.717, 1.165) is 6.42 Å². The van der Waals surface area contributed by atoms with Gasteiger partial charge in [0.15, 0.2) is 5.60 Å². The van der Waals surface area contributed by atoms with E-state index in [-0.39, 0.29) is 17.8 Å². The first-order valence-electron chi connectivity index (χ1n) is 6.93. The number of esters is 1. The summed E-state index contributed by atoms with van der Waals surface area (Å²) in [6.07, 6.45) is 7.30. The highest BCUT2D eigenvalue weighted by Gasteiger charge is 2.47. The summed E-state index contributed by atoms with van der Waals surface area (Å²) in [4.78, 5) is 24.2. The smallest absolute Gasteiger partial charge is 0.345 e. The van der Waals surface area contributed by atoms with Gasteiger partial charge in [-0.15, -0.1) is 0 Å². The minimum Gasteiger partial charge on any atom is -0.478 e. The zero-order valence-electron chi connectivity index (χ0n) is 12.9. The summed E-state index contributed by atoms with van der Waals surface area (Å²) in [5.41, 5.74) is -1.36. The third kappa shape index (κ3) is 4.04. The fourth-order valence-electron chi connectivity index (χ4n) is 2.01. The first-order chi connectivity index (χ1) is 9.85. The topological polar surface area (TPSA) is 72.8 Å². The molecule has 5 nitrogen and oxygen atoms in total. The maximum Gasteiger partial charge on any atom is 0.345 e. The maximum absolute atomic E-state index is 12.4. The maximum atomic E-state index is 12.4. The Morgan fingerprint density at radius 2 is 2.14 bits per heavy atom. The van der Waals surface area contributed by atoms with Crippen LogP contribution in [-0.4, -0.2) is 35.7 Å². The molecule has 1 aliphatic heterocycles. The van der Waals surface area contributed by atoms with E-state index in [0.29, 0.717) is 0 Å². The number of methoxy groups -OCH3 is 1. The summed E-state index contributed by atoms with van der Waals surface area (Å²) < 4.78 is 10.3. The van der Waals surface area contributed by atoms with E-state index in [2.05, 4.69) is 4.74 Å². The van der Waals surface area contributed by atoms with Gasteiger partial charge in [-0.2, -0.15) is 0 Å². The van der Waals surface area contributed by atoms with Crippen molar-refractivity contribution in [3.8, 4) is 0 Å². The number of hydrogen-bond acceptors (Lipinski definition) is 5. The van der Waals surface area contributed by atoms with Crippen molar-refractivity contribution in [3.63, 3.8) is 0 Å². The summed E-state index contributed by atoms with van der Waals surface area (Å²) in [7, 11) is 1.21. The standard InChI is InChI=1S/C16H22O5/c1-5-6-7-8-9-16(3)14(18)13(15(19)20-4)12(21-16)10-11(2)17/h6-9,11,17H,5,10H2,1-4H3. The van der Waals surface area contributed by atoms with Crippen LogP contribution in [0, 0.1) is 0 Å². The van der Waals surface area contributed by atoms with Gasteiger partial charge < -0.3 is 14.6 Å². The van der Waals surface area contributed by atoms with Gasteiger partial charge in [0.1, 0.15) is 11.3 Å². The van der Waals surface area contributed by atoms with Gasteiger partial charge in [-0.05, 0) is 26.3 Å². The monoisotopic (exact) mass is 294 g/mol. The minimum absolute atomic E-state index is 0.0877. The lowest BCUT2D eigenvalue weighted by molar-refractivity contribution is -0.138. The number of carbonyl (C=O) groups is 2. The van der Waals surface area contributed by atoms with Crippen LogP contribution >= 0.6 is 0 Å². The zero-order chi connectivity index (χ0) is 16.0. The molecule has 1 heterocycles. The lowest BCUT2D eigenvalue weighted by atomic mass is 9.95. The Balaban J connectivity index is 3.07. The fourth-order valence-corrected chi connectivity index (χ4v) is 2.01. The Hall–Kier alpha value is -1.88. The predicted molar refractivity (Wildman–Crippen MR) is 78.4 cm³/mol. The molecule has 0 aromatic carbocycles. The molecule has 0 aliphatic carbocycles. The molecule has 1 rings (SSSR count). The highest BCUT2D eigenvalue weighted by Crippen LogP contribution is 2.34. The predicted octanol–water partition coefficient (Wildman–Crippen LogP) is 2.06. The van der Waals surface area contributed by atoms with Gasteiger partial charge in [0.2, 0.25) is 5.78 Å². The molecule has 0 radical (unpaired) electrons. The minimum atomic E-state index is -1.24. The van der Waals surface area contributed by atoms with Crippen molar-refractivity contribution < 1.29 is 24.2 Å². The van der Waals surface area contributed by atoms with Crippen molar-refractivity contribution in [2.24, 2.45) is 0 Å². The van der Waals surface area contributed by atoms with Gasteiger partial charge >= 0.3 is 5.97 Å². The summed E-state index contributed by atoms with van der Waals surface area (Å²) in [5, 5.41) is 9.48. The van der Waals surface area contributed by atoms with Gasteiger partial charge in [-0.3, -0.25) is 4.79 Å². The second-order valence-corrected chi connectivity index (χ2v) is 5.08. The van der Waals surface area contributed by atoms with Crippen molar-refractivity contribution in [2.75, 3.05) is 7.11 Å². The molecule has 0 spiro atoms. The largest absolute Gasteiger partial charge is 0.478 e. The van der Waals surface area contributed by atoms with Crippen LogP contribution < -0.4 is 0 Å². The van der Waals surface area contributed by atoms with Crippen LogP contribution in [0.4, 0.5) is 0 Å². The molecule has 21 heavy (non-hydrogen) atoms. The van der Waals surface area contributed by atoms with E-state index in [9.17, 15) is 14.7 Å². The molecular weight excluding hydrogens is 272 g/mol.